The van der Waals surface area contributed by atoms with Crippen molar-refractivity contribution < 1.29 is 0 Å². The van der Waals surface area contributed by atoms with Crippen molar-refractivity contribution in [2.45, 2.75) is 38.6 Å². The van der Waals surface area contributed by atoms with E-state index in [2.05, 4.69) is 38.1 Å². The van der Waals surface area contributed by atoms with E-state index in [9.17, 15) is 0 Å². The molecule has 0 bridgehead atoms. The van der Waals surface area contributed by atoms with E-state index in [1.807, 2.05) is 0 Å². The molecule has 0 heterocycles. The van der Waals surface area contributed by atoms with Crippen molar-refractivity contribution in [3.63, 3.8) is 0 Å². The standard InChI is InChI=1S/C14H19N/c1-3-14(2)12-10-7-5-4-6-9(10)8-11(12)13(14)15/h4-7,11-13H,3,8,15H2,1-2H3. The molecule has 0 saturated heterocycles. The highest BCUT2D eigenvalue weighted by Gasteiger charge is 2.59. The lowest BCUT2D eigenvalue weighted by Gasteiger charge is -2.56. The van der Waals surface area contributed by atoms with E-state index in [4.69, 9.17) is 5.73 Å². The van der Waals surface area contributed by atoms with Crippen LogP contribution in [0.3, 0.4) is 0 Å². The van der Waals surface area contributed by atoms with Gasteiger partial charge in [-0.15, -0.1) is 0 Å². The normalized spacial score (nSPS) is 41.9. The van der Waals surface area contributed by atoms with Gasteiger partial charge in [0.05, 0.1) is 0 Å². The van der Waals surface area contributed by atoms with Crippen LogP contribution in [-0.4, -0.2) is 6.04 Å². The van der Waals surface area contributed by atoms with Crippen LogP contribution in [0.25, 0.3) is 0 Å². The average molecular weight is 201 g/mol. The predicted octanol–water partition coefficient (Wildman–Crippen LogP) is 2.70. The summed E-state index contributed by atoms with van der Waals surface area (Å²) < 4.78 is 0. The van der Waals surface area contributed by atoms with Crippen LogP contribution in [0.4, 0.5) is 0 Å². The van der Waals surface area contributed by atoms with Crippen LogP contribution in [0.5, 0.6) is 0 Å². The summed E-state index contributed by atoms with van der Waals surface area (Å²) in [5.41, 5.74) is 9.80. The molecule has 4 atom stereocenters. The smallest absolute Gasteiger partial charge is 0.0136 e. The third-order valence-corrected chi connectivity index (χ3v) is 4.97. The Kier molecular flexibility index (Phi) is 1.79. The van der Waals surface area contributed by atoms with Gasteiger partial charge >= 0.3 is 0 Å². The second-order valence-electron chi connectivity index (χ2n) is 5.43. The first-order valence-electron chi connectivity index (χ1n) is 6.02. The van der Waals surface area contributed by atoms with E-state index in [-0.39, 0.29) is 0 Å². The number of hydrogen-bond donors (Lipinski definition) is 1. The first-order chi connectivity index (χ1) is 7.18. The van der Waals surface area contributed by atoms with E-state index in [0.29, 0.717) is 17.4 Å². The molecular weight excluding hydrogens is 182 g/mol. The van der Waals surface area contributed by atoms with Crippen molar-refractivity contribution in [2.24, 2.45) is 17.1 Å². The van der Waals surface area contributed by atoms with Gasteiger partial charge in [-0.25, -0.2) is 0 Å². The van der Waals surface area contributed by atoms with Crippen molar-refractivity contribution in [2.75, 3.05) is 0 Å². The Labute approximate surface area is 91.7 Å². The third kappa shape index (κ3) is 0.971. The van der Waals surface area contributed by atoms with Crippen LogP contribution in [0, 0.1) is 11.3 Å². The van der Waals surface area contributed by atoms with Crippen molar-refractivity contribution in [1.29, 1.82) is 0 Å². The van der Waals surface area contributed by atoms with E-state index < -0.39 is 0 Å². The molecule has 1 fully saturated rings. The molecule has 1 saturated carbocycles. The van der Waals surface area contributed by atoms with Gasteiger partial charge in [-0.3, -0.25) is 0 Å². The van der Waals surface area contributed by atoms with E-state index in [1.165, 1.54) is 12.8 Å². The molecule has 0 amide bonds. The maximum absolute atomic E-state index is 6.33. The summed E-state index contributed by atoms with van der Waals surface area (Å²) in [7, 11) is 0. The molecule has 2 N–H and O–H groups in total. The Morgan fingerprint density at radius 2 is 2.13 bits per heavy atom. The lowest BCUT2D eigenvalue weighted by Crippen LogP contribution is -2.60. The summed E-state index contributed by atoms with van der Waals surface area (Å²) in [4.78, 5) is 0. The molecular formula is C14H19N. The Morgan fingerprint density at radius 1 is 1.40 bits per heavy atom. The van der Waals surface area contributed by atoms with E-state index in [1.54, 1.807) is 11.1 Å². The van der Waals surface area contributed by atoms with Crippen molar-refractivity contribution >= 4 is 0 Å². The number of rotatable bonds is 1. The monoisotopic (exact) mass is 201 g/mol. The van der Waals surface area contributed by atoms with Gasteiger partial charge in [0.2, 0.25) is 0 Å². The second kappa shape index (κ2) is 2.85. The number of benzene rings is 1. The lowest BCUT2D eigenvalue weighted by molar-refractivity contribution is 0.00543. The highest BCUT2D eigenvalue weighted by atomic mass is 14.8. The van der Waals surface area contributed by atoms with Gasteiger partial charge in [0, 0.05) is 6.04 Å². The summed E-state index contributed by atoms with van der Waals surface area (Å²) in [5, 5.41) is 0. The second-order valence-corrected chi connectivity index (χ2v) is 5.43. The molecule has 2 aliphatic carbocycles. The molecule has 0 aromatic heterocycles. The quantitative estimate of drug-likeness (QED) is 0.742. The average Bonchev–Trinajstić information content (AvgIpc) is 2.64. The maximum atomic E-state index is 6.33. The lowest BCUT2D eigenvalue weighted by atomic mass is 9.50. The molecule has 1 aromatic rings. The van der Waals surface area contributed by atoms with E-state index >= 15 is 0 Å². The van der Waals surface area contributed by atoms with Crippen LogP contribution in [-0.2, 0) is 6.42 Å². The molecule has 15 heavy (non-hydrogen) atoms. The van der Waals surface area contributed by atoms with Gasteiger partial charge in [-0.2, -0.15) is 0 Å². The van der Waals surface area contributed by atoms with Crippen LogP contribution in [0.1, 0.15) is 37.3 Å². The predicted molar refractivity (Wildman–Crippen MR) is 62.8 cm³/mol. The Balaban J connectivity index is 2.05. The first kappa shape index (κ1) is 9.41. The molecule has 3 rings (SSSR count). The molecule has 0 aliphatic heterocycles. The number of nitrogens with two attached hydrogens (primary N) is 1. The van der Waals surface area contributed by atoms with Gasteiger partial charge in [0.1, 0.15) is 0 Å². The third-order valence-electron chi connectivity index (χ3n) is 4.97. The summed E-state index contributed by atoms with van der Waals surface area (Å²) >= 11 is 0. The fraction of sp³-hybridized carbons (Fsp3) is 0.571. The largest absolute Gasteiger partial charge is 0.327 e. The zero-order chi connectivity index (χ0) is 10.6. The van der Waals surface area contributed by atoms with Gasteiger partial charge in [-0.05, 0) is 41.2 Å². The highest BCUT2D eigenvalue weighted by Crippen LogP contribution is 2.62. The van der Waals surface area contributed by atoms with Gasteiger partial charge in [-0.1, -0.05) is 38.1 Å². The minimum Gasteiger partial charge on any atom is -0.327 e. The van der Waals surface area contributed by atoms with Crippen molar-refractivity contribution in [3.05, 3.63) is 35.4 Å². The summed E-state index contributed by atoms with van der Waals surface area (Å²) in [5.74, 6) is 1.45. The van der Waals surface area contributed by atoms with E-state index in [0.717, 1.165) is 5.92 Å². The SMILES string of the molecule is CCC1(C)C(N)C2Cc3ccccc3C21. The summed E-state index contributed by atoms with van der Waals surface area (Å²) in [6, 6.07) is 9.30. The van der Waals surface area contributed by atoms with Crippen LogP contribution in [0.15, 0.2) is 24.3 Å². The minimum absolute atomic E-state index is 0.345. The minimum atomic E-state index is 0.345. The molecule has 4 unspecified atom stereocenters. The molecule has 80 valence electrons. The fourth-order valence-electron chi connectivity index (χ4n) is 3.84. The molecule has 1 heteroatoms. The molecule has 1 aromatic carbocycles. The van der Waals surface area contributed by atoms with Crippen LogP contribution < -0.4 is 5.73 Å². The topological polar surface area (TPSA) is 26.0 Å². The summed E-state index contributed by atoms with van der Waals surface area (Å²) in [6.45, 7) is 4.64. The number of fused-ring (bicyclic) bond motifs is 3. The molecule has 0 spiro atoms. The fourth-order valence-corrected chi connectivity index (χ4v) is 3.84. The number of hydrogen-bond acceptors (Lipinski definition) is 1. The van der Waals surface area contributed by atoms with Gasteiger partial charge in [0.25, 0.3) is 0 Å². The van der Waals surface area contributed by atoms with Gasteiger partial charge < -0.3 is 5.73 Å². The first-order valence-corrected chi connectivity index (χ1v) is 6.02. The molecule has 1 nitrogen and oxygen atoms in total. The van der Waals surface area contributed by atoms with Crippen molar-refractivity contribution in [3.8, 4) is 0 Å². The Morgan fingerprint density at radius 3 is 2.87 bits per heavy atom. The van der Waals surface area contributed by atoms with Gasteiger partial charge in [0.15, 0.2) is 0 Å². The van der Waals surface area contributed by atoms with Crippen LogP contribution in [0.2, 0.25) is 0 Å². The highest BCUT2D eigenvalue weighted by molar-refractivity contribution is 5.43. The zero-order valence-corrected chi connectivity index (χ0v) is 9.53. The summed E-state index contributed by atoms with van der Waals surface area (Å²) in [6.07, 6.45) is 2.40. The zero-order valence-electron chi connectivity index (χ0n) is 9.53. The Hall–Kier alpha value is -0.820. The Bertz CT molecular complexity index is 398. The van der Waals surface area contributed by atoms with Crippen molar-refractivity contribution in [1.82, 2.24) is 0 Å². The van der Waals surface area contributed by atoms with Crippen LogP contribution >= 0.6 is 0 Å². The molecule has 2 aliphatic rings. The maximum Gasteiger partial charge on any atom is 0.0136 e. The molecule has 0 radical (unpaired) electrons.